The van der Waals surface area contributed by atoms with E-state index in [1.54, 1.807) is 0 Å². The molecule has 2 saturated heterocycles. The summed E-state index contributed by atoms with van der Waals surface area (Å²) < 4.78 is 0. The van der Waals surface area contributed by atoms with E-state index in [1.807, 2.05) is 6.92 Å². The maximum atomic E-state index is 10.5. The second-order valence-electron chi connectivity index (χ2n) is 5.26. The van der Waals surface area contributed by atoms with E-state index in [1.165, 1.54) is 44.8 Å². The average Bonchev–Trinajstić information content (AvgIpc) is 2.72. The van der Waals surface area contributed by atoms with E-state index in [9.17, 15) is 4.79 Å². The van der Waals surface area contributed by atoms with Crippen LogP contribution in [0, 0.1) is 0 Å². The van der Waals surface area contributed by atoms with E-state index < -0.39 is 5.97 Å². The van der Waals surface area contributed by atoms with Gasteiger partial charge < -0.3 is 15.3 Å². The largest absolute Gasteiger partial charge is 0.478 e. The fraction of sp³-hybridized carbons (Fsp3) is 0.769. The number of piperidine rings is 1. The van der Waals surface area contributed by atoms with E-state index in [0.29, 0.717) is 12.6 Å². The number of aliphatic carboxylic acids is 1. The molecule has 2 heterocycles. The molecule has 0 bridgehead atoms. The highest BCUT2D eigenvalue weighted by Gasteiger charge is 2.31. The quantitative estimate of drug-likeness (QED) is 0.723. The van der Waals surface area contributed by atoms with Crippen molar-refractivity contribution in [3.05, 3.63) is 11.6 Å². The van der Waals surface area contributed by atoms with Crippen molar-refractivity contribution in [1.82, 2.24) is 10.2 Å². The predicted octanol–water partition coefficient (Wildman–Crippen LogP) is 1.23. The Bertz CT molecular complexity index is 315. The molecule has 2 aliphatic rings. The number of carbonyl (C=O) groups is 1. The zero-order chi connectivity index (χ0) is 12.3. The molecule has 0 spiro atoms. The van der Waals surface area contributed by atoms with Gasteiger partial charge in [-0.3, -0.25) is 0 Å². The van der Waals surface area contributed by atoms with Gasteiger partial charge in [0.05, 0.1) is 0 Å². The van der Waals surface area contributed by atoms with Gasteiger partial charge in [0.15, 0.2) is 0 Å². The lowest BCUT2D eigenvalue weighted by molar-refractivity contribution is -0.131. The summed E-state index contributed by atoms with van der Waals surface area (Å²) in [5.41, 5.74) is 0.895. The molecule has 0 radical (unpaired) electrons. The van der Waals surface area contributed by atoms with Crippen LogP contribution in [-0.4, -0.2) is 47.7 Å². The zero-order valence-corrected chi connectivity index (χ0v) is 10.5. The number of carboxylic acid groups (broad SMARTS) is 1. The Labute approximate surface area is 103 Å². The van der Waals surface area contributed by atoms with Crippen LogP contribution in [0.3, 0.4) is 0 Å². The third kappa shape index (κ3) is 3.54. The molecule has 0 aromatic carbocycles. The van der Waals surface area contributed by atoms with Gasteiger partial charge in [0.1, 0.15) is 0 Å². The van der Waals surface area contributed by atoms with E-state index in [2.05, 4.69) is 10.2 Å². The number of hydrogen-bond donors (Lipinski definition) is 2. The second-order valence-corrected chi connectivity index (χ2v) is 5.26. The van der Waals surface area contributed by atoms with Crippen LogP contribution >= 0.6 is 0 Å². The first-order valence-electron chi connectivity index (χ1n) is 6.52. The van der Waals surface area contributed by atoms with Crippen molar-refractivity contribution in [2.75, 3.05) is 19.6 Å². The van der Waals surface area contributed by atoms with Crippen molar-refractivity contribution in [2.45, 2.75) is 44.7 Å². The van der Waals surface area contributed by atoms with Crippen LogP contribution in [0.4, 0.5) is 0 Å². The SMILES string of the molecule is CC(=CC(=O)O)CNC1CCN2CCCC2C1. The molecule has 2 aliphatic heterocycles. The van der Waals surface area contributed by atoms with Crippen LogP contribution in [0.15, 0.2) is 11.6 Å². The van der Waals surface area contributed by atoms with E-state index in [4.69, 9.17) is 5.11 Å². The minimum absolute atomic E-state index is 0.562. The molecule has 4 nitrogen and oxygen atoms in total. The van der Waals surface area contributed by atoms with Gasteiger partial charge >= 0.3 is 5.97 Å². The summed E-state index contributed by atoms with van der Waals surface area (Å²) in [5.74, 6) is -0.852. The monoisotopic (exact) mass is 238 g/mol. The Morgan fingerprint density at radius 2 is 2.29 bits per heavy atom. The maximum absolute atomic E-state index is 10.5. The zero-order valence-electron chi connectivity index (χ0n) is 10.5. The van der Waals surface area contributed by atoms with E-state index >= 15 is 0 Å². The Morgan fingerprint density at radius 1 is 1.47 bits per heavy atom. The van der Waals surface area contributed by atoms with Crippen LogP contribution < -0.4 is 5.32 Å². The highest BCUT2D eigenvalue weighted by atomic mass is 16.4. The third-order valence-electron chi connectivity index (χ3n) is 3.86. The molecule has 2 unspecified atom stereocenters. The van der Waals surface area contributed by atoms with Gasteiger partial charge in [-0.1, -0.05) is 5.57 Å². The minimum Gasteiger partial charge on any atom is -0.478 e. The number of hydrogen-bond acceptors (Lipinski definition) is 3. The van der Waals surface area contributed by atoms with Gasteiger partial charge in [-0.2, -0.15) is 0 Å². The standard InChI is InChI=1S/C13H22N2O2/c1-10(7-13(16)17)9-14-11-4-6-15-5-2-3-12(15)8-11/h7,11-12,14H,2-6,8-9H2,1H3,(H,16,17). The summed E-state index contributed by atoms with van der Waals surface area (Å²) >= 11 is 0. The maximum Gasteiger partial charge on any atom is 0.328 e. The van der Waals surface area contributed by atoms with Crippen molar-refractivity contribution in [3.63, 3.8) is 0 Å². The van der Waals surface area contributed by atoms with Crippen LogP contribution in [0.5, 0.6) is 0 Å². The van der Waals surface area contributed by atoms with Crippen molar-refractivity contribution in [1.29, 1.82) is 0 Å². The molecule has 0 aliphatic carbocycles. The van der Waals surface area contributed by atoms with Crippen LogP contribution in [0.1, 0.15) is 32.6 Å². The number of carboxylic acids is 1. The predicted molar refractivity (Wildman–Crippen MR) is 67.0 cm³/mol. The van der Waals surface area contributed by atoms with Crippen LogP contribution in [0.2, 0.25) is 0 Å². The van der Waals surface area contributed by atoms with Gasteiger partial charge in [-0.05, 0) is 45.7 Å². The summed E-state index contributed by atoms with van der Waals surface area (Å²) in [6.45, 7) is 5.04. The second kappa shape index (κ2) is 5.65. The summed E-state index contributed by atoms with van der Waals surface area (Å²) in [6.07, 6.45) is 6.38. The molecular weight excluding hydrogens is 216 g/mol. The van der Waals surface area contributed by atoms with Gasteiger partial charge in [0.25, 0.3) is 0 Å². The molecule has 4 heteroatoms. The van der Waals surface area contributed by atoms with Gasteiger partial charge in [-0.15, -0.1) is 0 Å². The van der Waals surface area contributed by atoms with E-state index in [-0.39, 0.29) is 0 Å². The smallest absolute Gasteiger partial charge is 0.328 e. The first-order valence-corrected chi connectivity index (χ1v) is 6.52. The minimum atomic E-state index is -0.852. The average molecular weight is 238 g/mol. The fourth-order valence-corrected chi connectivity index (χ4v) is 2.98. The molecule has 0 aromatic heterocycles. The lowest BCUT2D eigenvalue weighted by atomic mass is 9.97. The van der Waals surface area contributed by atoms with Crippen LogP contribution in [-0.2, 0) is 4.79 Å². The number of fused-ring (bicyclic) bond motifs is 1. The summed E-state index contributed by atoms with van der Waals surface area (Å²) in [6, 6.07) is 1.33. The molecule has 2 N–H and O–H groups in total. The topological polar surface area (TPSA) is 52.6 Å². The molecule has 0 aromatic rings. The molecule has 0 amide bonds. The first kappa shape index (κ1) is 12.6. The van der Waals surface area contributed by atoms with Crippen molar-refractivity contribution < 1.29 is 9.90 Å². The molecule has 2 rings (SSSR count). The Balaban J connectivity index is 1.75. The van der Waals surface area contributed by atoms with Crippen molar-refractivity contribution >= 4 is 5.97 Å². The lowest BCUT2D eigenvalue weighted by Gasteiger charge is -2.35. The van der Waals surface area contributed by atoms with Gasteiger partial charge in [0.2, 0.25) is 0 Å². The fourth-order valence-electron chi connectivity index (χ4n) is 2.98. The van der Waals surface area contributed by atoms with Crippen molar-refractivity contribution in [2.24, 2.45) is 0 Å². The molecule has 2 fully saturated rings. The Hall–Kier alpha value is -0.870. The van der Waals surface area contributed by atoms with Gasteiger partial charge in [-0.25, -0.2) is 4.79 Å². The summed E-state index contributed by atoms with van der Waals surface area (Å²) in [7, 11) is 0. The number of nitrogens with one attached hydrogen (secondary N) is 1. The summed E-state index contributed by atoms with van der Waals surface area (Å²) in [4.78, 5) is 13.1. The Morgan fingerprint density at radius 3 is 3.06 bits per heavy atom. The molecule has 2 atom stereocenters. The normalized spacial score (nSPS) is 30.3. The van der Waals surface area contributed by atoms with E-state index in [0.717, 1.165) is 11.6 Å². The summed E-state index contributed by atoms with van der Waals surface area (Å²) in [5, 5.41) is 12.1. The molecule has 96 valence electrons. The number of rotatable bonds is 4. The lowest BCUT2D eigenvalue weighted by Crippen LogP contribution is -2.46. The van der Waals surface area contributed by atoms with Gasteiger partial charge in [0, 0.05) is 24.7 Å². The third-order valence-corrected chi connectivity index (χ3v) is 3.86. The highest BCUT2D eigenvalue weighted by Crippen LogP contribution is 2.26. The Kier molecular flexibility index (Phi) is 4.18. The molecular formula is C13H22N2O2. The van der Waals surface area contributed by atoms with Crippen molar-refractivity contribution in [3.8, 4) is 0 Å². The number of nitrogens with zero attached hydrogens (tertiary/aromatic N) is 1. The molecule has 0 saturated carbocycles. The van der Waals surface area contributed by atoms with Crippen LogP contribution in [0.25, 0.3) is 0 Å². The molecule has 17 heavy (non-hydrogen) atoms. The first-order chi connectivity index (χ1) is 8.15. The highest BCUT2D eigenvalue weighted by molar-refractivity contribution is 5.80.